The lowest BCUT2D eigenvalue weighted by Gasteiger charge is -2.02. The summed E-state index contributed by atoms with van der Waals surface area (Å²) in [4.78, 5) is 4.03. The first-order chi connectivity index (χ1) is 5.20. The minimum atomic E-state index is -0.258. The van der Waals surface area contributed by atoms with Crippen LogP contribution in [0.5, 0.6) is 0 Å². The summed E-state index contributed by atoms with van der Waals surface area (Å²) >= 11 is 0. The molecule has 4 heteroatoms. The van der Waals surface area contributed by atoms with E-state index in [2.05, 4.69) is 10.1 Å². The monoisotopic (exact) mass is 155 g/mol. The first-order valence-corrected chi connectivity index (χ1v) is 3.71. The van der Waals surface area contributed by atoms with E-state index in [1.54, 1.807) is 11.6 Å². The predicted octanol–water partition coefficient (Wildman–Crippen LogP) is 0.128. The van der Waals surface area contributed by atoms with E-state index < -0.39 is 0 Å². The minimum absolute atomic E-state index is 0.258. The highest BCUT2D eigenvalue weighted by Gasteiger charge is 2.01. The molecule has 11 heavy (non-hydrogen) atoms. The van der Waals surface area contributed by atoms with Crippen LogP contribution in [0.1, 0.15) is 19.2 Å². The number of hydrogen-bond acceptors (Lipinski definition) is 3. The molecule has 0 aliphatic heterocycles. The molecule has 0 radical (unpaired) electrons. The number of aliphatic hydroxyl groups excluding tert-OH is 1. The van der Waals surface area contributed by atoms with Crippen LogP contribution in [0, 0.1) is 0 Å². The zero-order valence-corrected chi connectivity index (χ0v) is 6.86. The largest absolute Gasteiger partial charge is 0.393 e. The van der Waals surface area contributed by atoms with Gasteiger partial charge in [0, 0.05) is 13.5 Å². The van der Waals surface area contributed by atoms with E-state index in [0.717, 1.165) is 18.7 Å². The molecule has 4 nitrogen and oxygen atoms in total. The number of rotatable bonds is 3. The van der Waals surface area contributed by atoms with Gasteiger partial charge in [0.2, 0.25) is 0 Å². The van der Waals surface area contributed by atoms with E-state index in [9.17, 15) is 0 Å². The number of hydrogen-bond donors (Lipinski definition) is 1. The summed E-state index contributed by atoms with van der Waals surface area (Å²) in [5.74, 6) is 0.922. The fourth-order valence-electron chi connectivity index (χ4n) is 0.884. The Morgan fingerprint density at radius 3 is 2.91 bits per heavy atom. The summed E-state index contributed by atoms with van der Waals surface area (Å²) in [7, 11) is 1.85. The lowest BCUT2D eigenvalue weighted by Crippen LogP contribution is -2.06. The van der Waals surface area contributed by atoms with Gasteiger partial charge in [0.25, 0.3) is 0 Å². The van der Waals surface area contributed by atoms with Gasteiger partial charge in [-0.25, -0.2) is 4.98 Å². The van der Waals surface area contributed by atoms with Crippen LogP contribution < -0.4 is 0 Å². The second-order valence-electron chi connectivity index (χ2n) is 2.69. The van der Waals surface area contributed by atoms with Crippen LogP contribution in [-0.2, 0) is 13.5 Å². The Bertz CT molecular complexity index is 219. The normalized spacial score (nSPS) is 13.4. The Morgan fingerprint density at radius 2 is 2.45 bits per heavy atom. The Balaban J connectivity index is 2.44. The maximum atomic E-state index is 8.98. The maximum Gasteiger partial charge on any atom is 0.138 e. The molecule has 0 saturated heterocycles. The van der Waals surface area contributed by atoms with Crippen LogP contribution in [0.15, 0.2) is 6.33 Å². The maximum absolute atomic E-state index is 8.98. The fourth-order valence-corrected chi connectivity index (χ4v) is 0.884. The van der Waals surface area contributed by atoms with Gasteiger partial charge in [0.05, 0.1) is 6.10 Å². The average molecular weight is 155 g/mol. The molecule has 0 bridgehead atoms. The van der Waals surface area contributed by atoms with Crippen molar-refractivity contribution in [2.45, 2.75) is 25.9 Å². The molecule has 1 N–H and O–H groups in total. The van der Waals surface area contributed by atoms with Crippen LogP contribution in [-0.4, -0.2) is 26.0 Å². The van der Waals surface area contributed by atoms with Gasteiger partial charge in [-0.1, -0.05) is 0 Å². The summed E-state index contributed by atoms with van der Waals surface area (Å²) in [6, 6.07) is 0. The second-order valence-corrected chi connectivity index (χ2v) is 2.69. The molecule has 0 fully saturated rings. The molecule has 1 aromatic rings. The molecule has 1 unspecified atom stereocenters. The van der Waals surface area contributed by atoms with E-state index in [4.69, 9.17) is 5.11 Å². The van der Waals surface area contributed by atoms with Crippen LogP contribution in [0.2, 0.25) is 0 Å². The highest BCUT2D eigenvalue weighted by atomic mass is 16.3. The Kier molecular flexibility index (Phi) is 2.59. The van der Waals surface area contributed by atoms with Gasteiger partial charge in [-0.05, 0) is 13.3 Å². The standard InChI is InChI=1S/C7H13N3O/c1-6(11)3-4-7-8-5-9-10(7)2/h5-6,11H,3-4H2,1-2H3. The third-order valence-corrected chi connectivity index (χ3v) is 1.59. The predicted molar refractivity (Wildman–Crippen MR) is 41.0 cm³/mol. The third kappa shape index (κ3) is 2.31. The first kappa shape index (κ1) is 8.20. The summed E-state index contributed by atoms with van der Waals surface area (Å²) in [6.45, 7) is 1.77. The van der Waals surface area contributed by atoms with Crippen molar-refractivity contribution < 1.29 is 5.11 Å². The molecule has 0 amide bonds. The molecule has 1 atom stereocenters. The van der Waals surface area contributed by atoms with E-state index in [-0.39, 0.29) is 6.10 Å². The van der Waals surface area contributed by atoms with Crippen molar-refractivity contribution in [3.63, 3.8) is 0 Å². The average Bonchev–Trinajstić information content (AvgIpc) is 2.31. The lowest BCUT2D eigenvalue weighted by molar-refractivity contribution is 0.183. The van der Waals surface area contributed by atoms with Gasteiger partial charge < -0.3 is 5.11 Å². The summed E-state index contributed by atoms with van der Waals surface area (Å²) < 4.78 is 1.72. The zero-order valence-electron chi connectivity index (χ0n) is 6.86. The van der Waals surface area contributed by atoms with E-state index >= 15 is 0 Å². The summed E-state index contributed by atoms with van der Waals surface area (Å²) in [5.41, 5.74) is 0. The molecule has 1 heterocycles. The minimum Gasteiger partial charge on any atom is -0.393 e. The second kappa shape index (κ2) is 3.48. The van der Waals surface area contributed by atoms with Crippen LogP contribution in [0.25, 0.3) is 0 Å². The number of nitrogens with zero attached hydrogens (tertiary/aromatic N) is 3. The highest BCUT2D eigenvalue weighted by molar-refractivity contribution is 4.83. The molecule has 0 aliphatic carbocycles. The molecule has 1 aromatic heterocycles. The smallest absolute Gasteiger partial charge is 0.138 e. The van der Waals surface area contributed by atoms with Gasteiger partial charge in [0.15, 0.2) is 0 Å². The van der Waals surface area contributed by atoms with Gasteiger partial charge >= 0.3 is 0 Å². The van der Waals surface area contributed by atoms with Crippen molar-refractivity contribution in [2.75, 3.05) is 0 Å². The van der Waals surface area contributed by atoms with E-state index in [1.165, 1.54) is 6.33 Å². The van der Waals surface area contributed by atoms with Crippen LogP contribution in [0.3, 0.4) is 0 Å². The summed E-state index contributed by atoms with van der Waals surface area (Å²) in [6.07, 6.45) is 2.80. The Morgan fingerprint density at radius 1 is 1.73 bits per heavy atom. The van der Waals surface area contributed by atoms with Crippen molar-refractivity contribution in [1.29, 1.82) is 0 Å². The van der Waals surface area contributed by atoms with Crippen molar-refractivity contribution in [3.05, 3.63) is 12.2 Å². The number of aliphatic hydroxyl groups is 1. The van der Waals surface area contributed by atoms with Crippen LogP contribution in [0.4, 0.5) is 0 Å². The number of aryl methyl sites for hydroxylation is 2. The molecule has 0 spiro atoms. The molecule has 0 saturated carbocycles. The van der Waals surface area contributed by atoms with Gasteiger partial charge in [-0.3, -0.25) is 4.68 Å². The quantitative estimate of drug-likeness (QED) is 0.675. The van der Waals surface area contributed by atoms with Crippen molar-refractivity contribution >= 4 is 0 Å². The zero-order chi connectivity index (χ0) is 8.27. The third-order valence-electron chi connectivity index (χ3n) is 1.59. The van der Waals surface area contributed by atoms with E-state index in [1.807, 2.05) is 7.05 Å². The highest BCUT2D eigenvalue weighted by Crippen LogP contribution is 1.99. The molecule has 0 aliphatic rings. The molecular formula is C7H13N3O. The summed E-state index contributed by atoms with van der Waals surface area (Å²) in [5, 5.41) is 12.9. The fraction of sp³-hybridized carbons (Fsp3) is 0.714. The van der Waals surface area contributed by atoms with Crippen molar-refractivity contribution in [1.82, 2.24) is 14.8 Å². The molecule has 62 valence electrons. The SMILES string of the molecule is CC(O)CCc1ncnn1C. The molecule has 1 rings (SSSR count). The van der Waals surface area contributed by atoms with Crippen molar-refractivity contribution in [2.24, 2.45) is 7.05 Å². The Labute approximate surface area is 65.9 Å². The Hall–Kier alpha value is -0.900. The first-order valence-electron chi connectivity index (χ1n) is 3.71. The topological polar surface area (TPSA) is 50.9 Å². The lowest BCUT2D eigenvalue weighted by atomic mass is 10.2. The van der Waals surface area contributed by atoms with E-state index in [0.29, 0.717) is 0 Å². The molecular weight excluding hydrogens is 142 g/mol. The van der Waals surface area contributed by atoms with Crippen molar-refractivity contribution in [3.8, 4) is 0 Å². The van der Waals surface area contributed by atoms with Crippen LogP contribution >= 0.6 is 0 Å². The van der Waals surface area contributed by atoms with Gasteiger partial charge in [0.1, 0.15) is 12.2 Å². The molecule has 0 aromatic carbocycles. The van der Waals surface area contributed by atoms with Gasteiger partial charge in [-0.2, -0.15) is 5.10 Å². The van der Waals surface area contributed by atoms with Gasteiger partial charge in [-0.15, -0.1) is 0 Å². The number of aromatic nitrogens is 3.